The van der Waals surface area contributed by atoms with E-state index >= 15 is 0 Å². The average Bonchev–Trinajstić information content (AvgIpc) is 2.90. The van der Waals surface area contributed by atoms with E-state index in [4.69, 9.17) is 9.94 Å². The standard InChI is InChI=1S/C14H15NO4/c1-19-15(10-6-3-2-4-7-10)13(16)11-8-5-9-12(11)14(17)18/h2-4,6-7H,5,8-9H2,1H3,(H,17,18). The van der Waals surface area contributed by atoms with Crippen molar-refractivity contribution in [1.82, 2.24) is 0 Å². The fourth-order valence-corrected chi connectivity index (χ4v) is 2.21. The summed E-state index contributed by atoms with van der Waals surface area (Å²) in [5, 5.41) is 10.2. The van der Waals surface area contributed by atoms with E-state index in [1.54, 1.807) is 24.3 Å². The van der Waals surface area contributed by atoms with Gasteiger partial charge in [-0.2, -0.15) is 5.06 Å². The highest BCUT2D eigenvalue weighted by Crippen LogP contribution is 2.29. The molecule has 1 aromatic carbocycles. The molecular formula is C14H15NO4. The van der Waals surface area contributed by atoms with Crippen molar-refractivity contribution in [2.45, 2.75) is 19.3 Å². The summed E-state index contributed by atoms with van der Waals surface area (Å²) in [7, 11) is 1.39. The molecule has 0 radical (unpaired) electrons. The third-order valence-corrected chi connectivity index (χ3v) is 3.09. The smallest absolute Gasteiger partial charge is 0.332 e. The van der Waals surface area contributed by atoms with E-state index in [9.17, 15) is 9.59 Å². The molecule has 0 heterocycles. The number of hydrogen-bond acceptors (Lipinski definition) is 3. The van der Waals surface area contributed by atoms with Gasteiger partial charge in [-0.3, -0.25) is 9.63 Å². The molecule has 0 unspecified atom stereocenters. The van der Waals surface area contributed by atoms with Crippen molar-refractivity contribution in [2.75, 3.05) is 12.2 Å². The predicted octanol–water partition coefficient (Wildman–Crippen LogP) is 2.15. The van der Waals surface area contributed by atoms with Gasteiger partial charge < -0.3 is 5.11 Å². The topological polar surface area (TPSA) is 66.8 Å². The van der Waals surface area contributed by atoms with Crippen molar-refractivity contribution in [3.8, 4) is 0 Å². The zero-order chi connectivity index (χ0) is 13.8. The lowest BCUT2D eigenvalue weighted by molar-refractivity contribution is -0.133. The Bertz CT molecular complexity index is 522. The molecule has 1 amide bonds. The lowest BCUT2D eigenvalue weighted by Crippen LogP contribution is -2.31. The van der Waals surface area contributed by atoms with Crippen molar-refractivity contribution < 1.29 is 19.5 Å². The number of aliphatic carboxylic acids is 1. The molecule has 1 N–H and O–H groups in total. The molecule has 0 saturated heterocycles. The number of rotatable bonds is 4. The van der Waals surface area contributed by atoms with E-state index in [0.29, 0.717) is 30.5 Å². The third-order valence-electron chi connectivity index (χ3n) is 3.09. The molecule has 19 heavy (non-hydrogen) atoms. The van der Waals surface area contributed by atoms with E-state index in [1.165, 1.54) is 7.11 Å². The Morgan fingerprint density at radius 3 is 2.37 bits per heavy atom. The predicted molar refractivity (Wildman–Crippen MR) is 69.4 cm³/mol. The number of carbonyl (C=O) groups is 2. The lowest BCUT2D eigenvalue weighted by atomic mass is 10.1. The summed E-state index contributed by atoms with van der Waals surface area (Å²) in [5.74, 6) is -1.42. The largest absolute Gasteiger partial charge is 0.478 e. The Morgan fingerprint density at radius 2 is 1.79 bits per heavy atom. The quantitative estimate of drug-likeness (QED) is 0.843. The fraction of sp³-hybridized carbons (Fsp3) is 0.286. The molecule has 1 aliphatic rings. The van der Waals surface area contributed by atoms with Gasteiger partial charge in [-0.25, -0.2) is 4.79 Å². The number of benzene rings is 1. The van der Waals surface area contributed by atoms with Gasteiger partial charge in [-0.15, -0.1) is 0 Å². The van der Waals surface area contributed by atoms with Crippen LogP contribution in [-0.4, -0.2) is 24.1 Å². The molecule has 1 aliphatic carbocycles. The van der Waals surface area contributed by atoms with Crippen molar-refractivity contribution in [2.24, 2.45) is 0 Å². The maximum atomic E-state index is 12.4. The van der Waals surface area contributed by atoms with Gasteiger partial charge >= 0.3 is 5.97 Å². The number of carboxylic acid groups (broad SMARTS) is 1. The Hall–Kier alpha value is -2.14. The number of anilines is 1. The number of carbonyl (C=O) groups excluding carboxylic acids is 1. The second kappa shape index (κ2) is 5.67. The average molecular weight is 261 g/mol. The van der Waals surface area contributed by atoms with Crippen LogP contribution in [0.2, 0.25) is 0 Å². The molecule has 1 aromatic rings. The van der Waals surface area contributed by atoms with Gasteiger partial charge in [0.05, 0.1) is 12.8 Å². The molecule has 0 atom stereocenters. The molecule has 0 aliphatic heterocycles. The minimum atomic E-state index is -1.02. The Kier molecular flexibility index (Phi) is 3.97. The van der Waals surface area contributed by atoms with Crippen LogP contribution < -0.4 is 5.06 Å². The minimum Gasteiger partial charge on any atom is -0.478 e. The summed E-state index contributed by atoms with van der Waals surface area (Å²) in [5.41, 5.74) is 1.11. The summed E-state index contributed by atoms with van der Waals surface area (Å²) in [6.45, 7) is 0. The fourth-order valence-electron chi connectivity index (χ4n) is 2.21. The lowest BCUT2D eigenvalue weighted by Gasteiger charge is -2.20. The number of hydrogen-bond donors (Lipinski definition) is 1. The van der Waals surface area contributed by atoms with Crippen LogP contribution in [0.25, 0.3) is 0 Å². The van der Waals surface area contributed by atoms with Crippen molar-refractivity contribution in [3.63, 3.8) is 0 Å². The summed E-state index contributed by atoms with van der Waals surface area (Å²) < 4.78 is 0. The maximum Gasteiger partial charge on any atom is 0.332 e. The molecule has 0 spiro atoms. The highest BCUT2D eigenvalue weighted by molar-refractivity contribution is 6.09. The number of carboxylic acids is 1. The van der Waals surface area contributed by atoms with Crippen LogP contribution in [0.4, 0.5) is 5.69 Å². The second-order valence-electron chi connectivity index (χ2n) is 4.23. The van der Waals surface area contributed by atoms with Gasteiger partial charge in [-0.1, -0.05) is 18.2 Å². The molecule has 0 bridgehead atoms. The Morgan fingerprint density at radius 1 is 1.16 bits per heavy atom. The van der Waals surface area contributed by atoms with Crippen molar-refractivity contribution in [3.05, 3.63) is 41.5 Å². The number of hydroxylamine groups is 1. The summed E-state index contributed by atoms with van der Waals surface area (Å²) in [4.78, 5) is 28.6. The van der Waals surface area contributed by atoms with Crippen molar-refractivity contribution >= 4 is 17.6 Å². The van der Waals surface area contributed by atoms with Gasteiger partial charge in [0, 0.05) is 11.1 Å². The van der Waals surface area contributed by atoms with Crippen LogP contribution in [0.3, 0.4) is 0 Å². The molecular weight excluding hydrogens is 246 g/mol. The van der Waals surface area contributed by atoms with Crippen LogP contribution in [0.5, 0.6) is 0 Å². The zero-order valence-corrected chi connectivity index (χ0v) is 10.6. The number of amides is 1. The third kappa shape index (κ3) is 2.66. The SMILES string of the molecule is CON(C(=O)C1=C(C(=O)O)CCC1)c1ccccc1. The highest BCUT2D eigenvalue weighted by atomic mass is 16.7. The van der Waals surface area contributed by atoms with E-state index < -0.39 is 11.9 Å². The Balaban J connectivity index is 2.32. The van der Waals surface area contributed by atoms with Crippen LogP contribution in [0.15, 0.2) is 41.5 Å². The van der Waals surface area contributed by atoms with Gasteiger partial charge in [0.15, 0.2) is 0 Å². The van der Waals surface area contributed by atoms with E-state index in [2.05, 4.69) is 0 Å². The monoisotopic (exact) mass is 261 g/mol. The summed E-state index contributed by atoms with van der Waals surface area (Å²) in [6, 6.07) is 8.87. The first-order chi connectivity index (χ1) is 9.15. The molecule has 5 nitrogen and oxygen atoms in total. The molecule has 0 fully saturated rings. The zero-order valence-electron chi connectivity index (χ0n) is 10.6. The summed E-state index contributed by atoms with van der Waals surface area (Å²) >= 11 is 0. The molecule has 2 rings (SSSR count). The van der Waals surface area contributed by atoms with E-state index in [1.807, 2.05) is 6.07 Å². The normalized spacial score (nSPS) is 14.6. The van der Waals surface area contributed by atoms with Crippen LogP contribution >= 0.6 is 0 Å². The van der Waals surface area contributed by atoms with Gasteiger partial charge in [-0.05, 0) is 31.4 Å². The molecule has 100 valence electrons. The van der Waals surface area contributed by atoms with Gasteiger partial charge in [0.1, 0.15) is 0 Å². The van der Waals surface area contributed by atoms with Crippen LogP contribution in [0, 0.1) is 0 Å². The van der Waals surface area contributed by atoms with Crippen LogP contribution in [0.1, 0.15) is 19.3 Å². The summed E-state index contributed by atoms with van der Waals surface area (Å²) in [6.07, 6.45) is 1.60. The molecule has 0 saturated carbocycles. The second-order valence-corrected chi connectivity index (χ2v) is 4.23. The first-order valence-corrected chi connectivity index (χ1v) is 6.04. The Labute approximate surface area is 111 Å². The van der Waals surface area contributed by atoms with Crippen molar-refractivity contribution in [1.29, 1.82) is 0 Å². The van der Waals surface area contributed by atoms with E-state index in [0.717, 1.165) is 5.06 Å². The van der Waals surface area contributed by atoms with Crippen LogP contribution in [-0.2, 0) is 14.4 Å². The first-order valence-electron chi connectivity index (χ1n) is 6.04. The molecule has 0 aromatic heterocycles. The van der Waals surface area contributed by atoms with E-state index in [-0.39, 0.29) is 5.57 Å². The number of nitrogens with zero attached hydrogens (tertiary/aromatic N) is 1. The van der Waals surface area contributed by atoms with Gasteiger partial charge in [0.2, 0.25) is 0 Å². The first kappa shape index (κ1) is 13.3. The minimum absolute atomic E-state index is 0.197. The van der Waals surface area contributed by atoms with Gasteiger partial charge in [0.25, 0.3) is 5.91 Å². The molecule has 5 heteroatoms. The number of para-hydroxylation sites is 1. The highest BCUT2D eigenvalue weighted by Gasteiger charge is 2.29. The maximum absolute atomic E-state index is 12.4.